The van der Waals surface area contributed by atoms with Gasteiger partial charge in [-0.25, -0.2) is 4.98 Å². The molecule has 0 unspecified atom stereocenters. The Kier molecular flexibility index (Phi) is 5.40. The lowest BCUT2D eigenvalue weighted by atomic mass is 10.0. The van der Waals surface area contributed by atoms with Crippen LogP contribution in [-0.2, 0) is 0 Å². The molecule has 6 heteroatoms. The number of aromatic nitrogens is 6. The number of hydrogen-bond donors (Lipinski definition) is 0. The topological polar surface area (TPSA) is 61.4 Å². The van der Waals surface area contributed by atoms with E-state index < -0.39 is 0 Å². The van der Waals surface area contributed by atoms with Gasteiger partial charge in [-0.15, -0.1) is 0 Å². The maximum atomic E-state index is 4.92. The van der Waals surface area contributed by atoms with E-state index in [1.807, 2.05) is 61.1 Å². The molecule has 44 heavy (non-hydrogen) atoms. The maximum Gasteiger partial charge on any atom is 0.139 e. The zero-order valence-corrected chi connectivity index (χ0v) is 23.5. The molecule has 3 aromatic carbocycles. The van der Waals surface area contributed by atoms with Crippen molar-refractivity contribution in [2.45, 2.75) is 0 Å². The van der Waals surface area contributed by atoms with Crippen molar-refractivity contribution in [1.29, 1.82) is 0 Å². The Labute approximate surface area is 252 Å². The molecule has 0 N–H and O–H groups in total. The van der Waals surface area contributed by atoms with E-state index in [-0.39, 0.29) is 0 Å². The quantitative estimate of drug-likeness (QED) is 0.214. The van der Waals surface area contributed by atoms with Crippen molar-refractivity contribution in [2.24, 2.45) is 0 Å². The van der Waals surface area contributed by atoms with Crippen LogP contribution in [0.5, 0.6) is 0 Å². The second-order valence-electron chi connectivity index (χ2n) is 10.9. The van der Waals surface area contributed by atoms with Crippen LogP contribution in [0.15, 0.2) is 146 Å². The number of benzene rings is 3. The van der Waals surface area contributed by atoms with Gasteiger partial charge in [-0.1, -0.05) is 36.4 Å². The molecule has 206 valence electrons. The summed E-state index contributed by atoms with van der Waals surface area (Å²) in [6.07, 6.45) is 9.60. The number of rotatable bonds is 4. The fraction of sp³-hybridized carbons (Fsp3) is 0. The summed E-state index contributed by atoms with van der Waals surface area (Å²) in [7, 11) is 0. The number of pyridine rings is 4. The van der Waals surface area contributed by atoms with Crippen LogP contribution in [0.2, 0.25) is 0 Å². The molecule has 0 aliphatic rings. The Morgan fingerprint density at radius 2 is 1.32 bits per heavy atom. The Morgan fingerprint density at radius 3 is 2.18 bits per heavy atom. The minimum Gasteiger partial charge on any atom is -0.316 e. The molecule has 0 spiro atoms. The predicted molar refractivity (Wildman–Crippen MR) is 177 cm³/mol. The Hall–Kier alpha value is -6.14. The summed E-state index contributed by atoms with van der Waals surface area (Å²) in [5, 5.41) is 4.52. The summed E-state index contributed by atoms with van der Waals surface area (Å²) in [5.41, 5.74) is 9.23. The largest absolute Gasteiger partial charge is 0.316 e. The third kappa shape index (κ3) is 3.89. The van der Waals surface area contributed by atoms with Crippen LogP contribution in [-0.4, -0.2) is 29.1 Å². The molecule has 0 bridgehead atoms. The fourth-order valence-corrected chi connectivity index (χ4v) is 6.20. The average molecular weight is 565 g/mol. The van der Waals surface area contributed by atoms with Gasteiger partial charge in [0.25, 0.3) is 0 Å². The molecule has 0 saturated carbocycles. The van der Waals surface area contributed by atoms with E-state index in [2.05, 4.69) is 98.1 Å². The van der Waals surface area contributed by atoms with Gasteiger partial charge in [-0.3, -0.25) is 19.5 Å². The standard InChI is InChI=1S/C38H24N6/c1-2-8-29(9-3-1)43-18-15-26-20-31-30-19-25(27-11-13-33(41-23-27)32-10-4-5-16-39-32)12-14-35(30)44(37(31)22-36(26)43)38-21-34-28(24-42-38)7-6-17-40-34/h1-24H. The van der Waals surface area contributed by atoms with Crippen LogP contribution in [0, 0.1) is 0 Å². The molecule has 6 nitrogen and oxygen atoms in total. The van der Waals surface area contributed by atoms with E-state index in [0.717, 1.165) is 66.9 Å². The highest BCUT2D eigenvalue weighted by atomic mass is 15.1. The Morgan fingerprint density at radius 1 is 0.477 bits per heavy atom. The number of nitrogens with zero attached hydrogens (tertiary/aromatic N) is 6. The summed E-state index contributed by atoms with van der Waals surface area (Å²) >= 11 is 0. The van der Waals surface area contributed by atoms with E-state index in [1.165, 1.54) is 10.8 Å². The van der Waals surface area contributed by atoms with Crippen molar-refractivity contribution in [3.05, 3.63) is 146 Å². The van der Waals surface area contributed by atoms with Crippen LogP contribution in [0.4, 0.5) is 0 Å². The van der Waals surface area contributed by atoms with E-state index in [0.29, 0.717) is 0 Å². The second-order valence-corrected chi connectivity index (χ2v) is 10.9. The molecule has 9 rings (SSSR count). The van der Waals surface area contributed by atoms with E-state index in [4.69, 9.17) is 9.97 Å². The highest BCUT2D eigenvalue weighted by Crippen LogP contribution is 2.38. The zero-order chi connectivity index (χ0) is 29.0. The third-order valence-electron chi connectivity index (χ3n) is 8.34. The second kappa shape index (κ2) is 9.71. The van der Waals surface area contributed by atoms with Gasteiger partial charge in [0.1, 0.15) is 5.82 Å². The van der Waals surface area contributed by atoms with Crippen molar-refractivity contribution >= 4 is 43.6 Å². The zero-order valence-electron chi connectivity index (χ0n) is 23.5. The molecule has 0 atom stereocenters. The first kappa shape index (κ1) is 24.5. The molecule has 9 aromatic rings. The van der Waals surface area contributed by atoms with Gasteiger partial charge in [0.05, 0.1) is 33.5 Å². The van der Waals surface area contributed by atoms with Crippen LogP contribution in [0.1, 0.15) is 0 Å². The van der Waals surface area contributed by atoms with Gasteiger partial charge in [-0.2, -0.15) is 0 Å². The molecule has 0 radical (unpaired) electrons. The first-order valence-electron chi connectivity index (χ1n) is 14.5. The smallest absolute Gasteiger partial charge is 0.139 e. The first-order chi connectivity index (χ1) is 21.8. The van der Waals surface area contributed by atoms with E-state index in [1.54, 1.807) is 6.20 Å². The van der Waals surface area contributed by atoms with Crippen LogP contribution < -0.4 is 0 Å². The Bertz CT molecular complexity index is 2480. The van der Waals surface area contributed by atoms with Crippen molar-refractivity contribution in [3.63, 3.8) is 0 Å². The van der Waals surface area contributed by atoms with Gasteiger partial charge >= 0.3 is 0 Å². The molecule has 0 amide bonds. The summed E-state index contributed by atoms with van der Waals surface area (Å²) in [6, 6.07) is 39.9. The summed E-state index contributed by atoms with van der Waals surface area (Å²) in [5.74, 6) is 0.836. The van der Waals surface area contributed by atoms with Gasteiger partial charge in [0, 0.05) is 69.8 Å². The Balaban J connectivity index is 1.28. The minimum atomic E-state index is 0.836. The number of fused-ring (bicyclic) bond motifs is 5. The van der Waals surface area contributed by atoms with Crippen LogP contribution in [0.25, 0.3) is 77.6 Å². The van der Waals surface area contributed by atoms with Crippen LogP contribution in [0.3, 0.4) is 0 Å². The van der Waals surface area contributed by atoms with Crippen molar-refractivity contribution < 1.29 is 0 Å². The van der Waals surface area contributed by atoms with Crippen molar-refractivity contribution in [2.75, 3.05) is 0 Å². The third-order valence-corrected chi connectivity index (χ3v) is 8.34. The normalized spacial score (nSPS) is 11.6. The van der Waals surface area contributed by atoms with Gasteiger partial charge < -0.3 is 4.57 Å². The van der Waals surface area contributed by atoms with Gasteiger partial charge in [0.2, 0.25) is 0 Å². The molecule has 6 aromatic heterocycles. The monoisotopic (exact) mass is 564 g/mol. The lowest BCUT2D eigenvalue weighted by molar-refractivity contribution is 1.08. The van der Waals surface area contributed by atoms with Crippen LogP contribution >= 0.6 is 0 Å². The lowest BCUT2D eigenvalue weighted by Crippen LogP contribution is -1.98. The lowest BCUT2D eigenvalue weighted by Gasteiger charge is -2.09. The molecule has 6 heterocycles. The summed E-state index contributed by atoms with van der Waals surface area (Å²) in [4.78, 5) is 18.7. The highest BCUT2D eigenvalue weighted by Gasteiger charge is 2.17. The molecule has 0 fully saturated rings. The maximum absolute atomic E-state index is 4.92. The van der Waals surface area contributed by atoms with E-state index >= 15 is 0 Å². The molecule has 0 aliphatic carbocycles. The molecular formula is C38H24N6. The predicted octanol–water partition coefficient (Wildman–Crippen LogP) is 8.79. The van der Waals surface area contributed by atoms with Gasteiger partial charge in [0.15, 0.2) is 0 Å². The van der Waals surface area contributed by atoms with Gasteiger partial charge in [-0.05, 0) is 78.4 Å². The average Bonchev–Trinajstić information content (AvgIpc) is 3.66. The first-order valence-corrected chi connectivity index (χ1v) is 14.5. The number of para-hydroxylation sites is 1. The van der Waals surface area contributed by atoms with Crippen molar-refractivity contribution in [3.8, 4) is 34.0 Å². The minimum absolute atomic E-state index is 0.836. The van der Waals surface area contributed by atoms with E-state index in [9.17, 15) is 0 Å². The summed E-state index contributed by atoms with van der Waals surface area (Å²) < 4.78 is 4.50. The SMILES string of the molecule is c1ccc(-n2ccc3cc4c5cc(-c6ccc(-c7ccccn7)nc6)ccc5n(-c5cc6ncccc6cn5)c4cc32)cc1. The molecule has 0 aliphatic heterocycles. The fourth-order valence-electron chi connectivity index (χ4n) is 6.20. The van der Waals surface area contributed by atoms with Crippen molar-refractivity contribution in [1.82, 2.24) is 29.1 Å². The summed E-state index contributed by atoms with van der Waals surface area (Å²) in [6.45, 7) is 0. The molecule has 0 saturated heterocycles. The number of hydrogen-bond acceptors (Lipinski definition) is 4. The highest BCUT2D eigenvalue weighted by molar-refractivity contribution is 6.14. The molecular weight excluding hydrogens is 540 g/mol.